The van der Waals surface area contributed by atoms with Crippen LogP contribution in [0.5, 0.6) is 0 Å². The summed E-state index contributed by atoms with van der Waals surface area (Å²) < 4.78 is 0. The predicted octanol–water partition coefficient (Wildman–Crippen LogP) is 2.69. The van der Waals surface area contributed by atoms with E-state index in [1.807, 2.05) is 0 Å². The quantitative estimate of drug-likeness (QED) is 0.666. The summed E-state index contributed by atoms with van der Waals surface area (Å²) >= 11 is 0. The van der Waals surface area contributed by atoms with Crippen molar-refractivity contribution >= 4 is 0 Å². The smallest absolute Gasteiger partial charge is 0.00928 e. The Balaban J connectivity index is 2.58. The Morgan fingerprint density at radius 1 is 1.27 bits per heavy atom. The molecule has 11 heavy (non-hydrogen) atoms. The third-order valence-electron chi connectivity index (χ3n) is 3.53. The molecule has 1 fully saturated rings. The van der Waals surface area contributed by atoms with Crippen molar-refractivity contribution in [2.45, 2.75) is 58.4 Å². The highest BCUT2D eigenvalue weighted by Crippen LogP contribution is 2.43. The summed E-state index contributed by atoms with van der Waals surface area (Å²) in [6.45, 7) is 4.50. The first-order chi connectivity index (χ1) is 5.25. The van der Waals surface area contributed by atoms with Gasteiger partial charge in [-0.3, -0.25) is 0 Å². The Kier molecular flexibility index (Phi) is 2.94. The first-order valence-corrected chi connectivity index (χ1v) is 5.01. The van der Waals surface area contributed by atoms with E-state index in [4.69, 9.17) is 5.73 Å². The molecule has 1 nitrogen and oxygen atoms in total. The van der Waals surface area contributed by atoms with Crippen LogP contribution in [-0.4, -0.2) is 6.04 Å². The van der Waals surface area contributed by atoms with Crippen LogP contribution in [0.4, 0.5) is 0 Å². The molecule has 0 amide bonds. The molecule has 1 aliphatic carbocycles. The van der Waals surface area contributed by atoms with Crippen LogP contribution in [-0.2, 0) is 0 Å². The highest BCUT2D eigenvalue weighted by atomic mass is 14.7. The van der Waals surface area contributed by atoms with E-state index in [0.29, 0.717) is 11.5 Å². The molecule has 0 aromatic rings. The first kappa shape index (κ1) is 9.05. The fraction of sp³-hybridized carbons (Fsp3) is 1.00. The van der Waals surface area contributed by atoms with E-state index >= 15 is 0 Å². The van der Waals surface area contributed by atoms with Crippen LogP contribution in [0.1, 0.15) is 52.4 Å². The lowest BCUT2D eigenvalue weighted by atomic mass is 9.76. The van der Waals surface area contributed by atoms with Crippen molar-refractivity contribution in [3.63, 3.8) is 0 Å². The standard InChI is InChI=1S/C10H21N/c1-3-9(11)10(4-2)7-5-6-8-10/h9H,3-8,11H2,1-2H3. The molecule has 0 radical (unpaired) electrons. The topological polar surface area (TPSA) is 26.0 Å². The summed E-state index contributed by atoms with van der Waals surface area (Å²) in [6, 6.07) is 0.454. The Bertz CT molecular complexity index is 114. The Hall–Kier alpha value is -0.0400. The molecule has 0 saturated heterocycles. The monoisotopic (exact) mass is 155 g/mol. The SMILES string of the molecule is CCC(N)C1(CC)CCCC1. The molecule has 1 unspecified atom stereocenters. The van der Waals surface area contributed by atoms with Crippen molar-refractivity contribution in [2.75, 3.05) is 0 Å². The fourth-order valence-electron chi connectivity index (χ4n) is 2.50. The minimum Gasteiger partial charge on any atom is -0.327 e. The number of rotatable bonds is 3. The number of hydrogen-bond donors (Lipinski definition) is 1. The molecule has 1 rings (SSSR count). The van der Waals surface area contributed by atoms with Gasteiger partial charge >= 0.3 is 0 Å². The van der Waals surface area contributed by atoms with Gasteiger partial charge in [0.25, 0.3) is 0 Å². The third-order valence-corrected chi connectivity index (χ3v) is 3.53. The summed E-state index contributed by atoms with van der Waals surface area (Å²) in [4.78, 5) is 0. The van der Waals surface area contributed by atoms with Gasteiger partial charge in [0.1, 0.15) is 0 Å². The molecular formula is C10H21N. The minimum atomic E-state index is 0.454. The van der Waals surface area contributed by atoms with E-state index in [2.05, 4.69) is 13.8 Å². The second-order valence-corrected chi connectivity index (χ2v) is 3.94. The Labute approximate surface area is 70.4 Å². The van der Waals surface area contributed by atoms with Gasteiger partial charge in [-0.2, -0.15) is 0 Å². The molecule has 1 heteroatoms. The van der Waals surface area contributed by atoms with Gasteiger partial charge < -0.3 is 5.73 Å². The second-order valence-electron chi connectivity index (χ2n) is 3.94. The lowest BCUT2D eigenvalue weighted by molar-refractivity contribution is 0.215. The highest BCUT2D eigenvalue weighted by Gasteiger charge is 2.36. The molecular weight excluding hydrogens is 134 g/mol. The molecule has 1 saturated carbocycles. The van der Waals surface area contributed by atoms with E-state index in [9.17, 15) is 0 Å². The molecule has 2 N–H and O–H groups in total. The molecule has 0 aliphatic heterocycles. The van der Waals surface area contributed by atoms with Crippen LogP contribution in [0.15, 0.2) is 0 Å². The van der Waals surface area contributed by atoms with Crippen LogP contribution >= 0.6 is 0 Å². The second kappa shape index (κ2) is 3.57. The largest absolute Gasteiger partial charge is 0.327 e. The van der Waals surface area contributed by atoms with Crippen molar-refractivity contribution in [3.8, 4) is 0 Å². The highest BCUT2D eigenvalue weighted by molar-refractivity contribution is 4.91. The molecule has 66 valence electrons. The molecule has 0 bridgehead atoms. The van der Waals surface area contributed by atoms with Gasteiger partial charge in [-0.15, -0.1) is 0 Å². The van der Waals surface area contributed by atoms with Crippen LogP contribution in [0.2, 0.25) is 0 Å². The summed E-state index contributed by atoms with van der Waals surface area (Å²) in [5.41, 5.74) is 6.65. The third kappa shape index (κ3) is 1.58. The molecule has 1 atom stereocenters. The van der Waals surface area contributed by atoms with E-state index in [1.165, 1.54) is 32.1 Å². The van der Waals surface area contributed by atoms with E-state index in [1.54, 1.807) is 0 Å². The Morgan fingerprint density at radius 3 is 2.18 bits per heavy atom. The number of nitrogens with two attached hydrogens (primary N) is 1. The van der Waals surface area contributed by atoms with Crippen molar-refractivity contribution < 1.29 is 0 Å². The lowest BCUT2D eigenvalue weighted by Crippen LogP contribution is -2.38. The summed E-state index contributed by atoms with van der Waals surface area (Å²) in [6.07, 6.45) is 7.98. The maximum Gasteiger partial charge on any atom is 0.00928 e. The van der Waals surface area contributed by atoms with Gasteiger partial charge in [-0.1, -0.05) is 26.7 Å². The minimum absolute atomic E-state index is 0.454. The van der Waals surface area contributed by atoms with Gasteiger partial charge in [0, 0.05) is 6.04 Å². The molecule has 0 aromatic heterocycles. The average Bonchev–Trinajstić information content (AvgIpc) is 2.52. The fourth-order valence-corrected chi connectivity index (χ4v) is 2.50. The van der Waals surface area contributed by atoms with Crippen molar-refractivity contribution in [1.82, 2.24) is 0 Å². The normalized spacial score (nSPS) is 25.4. The Morgan fingerprint density at radius 2 is 1.82 bits per heavy atom. The van der Waals surface area contributed by atoms with Gasteiger partial charge in [0.15, 0.2) is 0 Å². The zero-order valence-corrected chi connectivity index (χ0v) is 7.90. The summed E-state index contributed by atoms with van der Waals surface area (Å²) in [5, 5.41) is 0. The van der Waals surface area contributed by atoms with Gasteiger partial charge in [0.05, 0.1) is 0 Å². The summed E-state index contributed by atoms with van der Waals surface area (Å²) in [7, 11) is 0. The lowest BCUT2D eigenvalue weighted by Gasteiger charge is -2.33. The maximum absolute atomic E-state index is 6.12. The number of hydrogen-bond acceptors (Lipinski definition) is 1. The predicted molar refractivity (Wildman–Crippen MR) is 49.5 cm³/mol. The van der Waals surface area contributed by atoms with E-state index < -0.39 is 0 Å². The first-order valence-electron chi connectivity index (χ1n) is 5.01. The summed E-state index contributed by atoms with van der Waals surface area (Å²) in [5.74, 6) is 0. The maximum atomic E-state index is 6.12. The van der Waals surface area contributed by atoms with E-state index in [0.717, 1.165) is 6.42 Å². The zero-order valence-electron chi connectivity index (χ0n) is 7.90. The van der Waals surface area contributed by atoms with Gasteiger partial charge in [0.2, 0.25) is 0 Å². The molecule has 1 aliphatic rings. The average molecular weight is 155 g/mol. The zero-order chi connectivity index (χ0) is 8.32. The van der Waals surface area contributed by atoms with Crippen molar-refractivity contribution in [2.24, 2.45) is 11.1 Å². The van der Waals surface area contributed by atoms with Crippen LogP contribution in [0.3, 0.4) is 0 Å². The van der Waals surface area contributed by atoms with Crippen LogP contribution in [0.25, 0.3) is 0 Å². The van der Waals surface area contributed by atoms with Gasteiger partial charge in [-0.25, -0.2) is 0 Å². The molecule has 0 aromatic carbocycles. The van der Waals surface area contributed by atoms with Crippen molar-refractivity contribution in [3.05, 3.63) is 0 Å². The van der Waals surface area contributed by atoms with Crippen LogP contribution in [0, 0.1) is 5.41 Å². The molecule has 0 spiro atoms. The van der Waals surface area contributed by atoms with Crippen LogP contribution < -0.4 is 5.73 Å². The van der Waals surface area contributed by atoms with Gasteiger partial charge in [-0.05, 0) is 31.1 Å². The van der Waals surface area contributed by atoms with E-state index in [-0.39, 0.29) is 0 Å². The molecule has 0 heterocycles. The van der Waals surface area contributed by atoms with Crippen molar-refractivity contribution in [1.29, 1.82) is 0 Å².